The van der Waals surface area contributed by atoms with E-state index in [-0.39, 0.29) is 0 Å². The van der Waals surface area contributed by atoms with Crippen molar-refractivity contribution in [3.8, 4) is 0 Å². The zero-order valence-electron chi connectivity index (χ0n) is 10.5. The van der Waals surface area contributed by atoms with Gasteiger partial charge in [0.1, 0.15) is 0 Å². The molecule has 1 N–H and O–H groups in total. The number of nitrogens with one attached hydrogen (secondary N) is 1. The third-order valence-electron chi connectivity index (χ3n) is 2.81. The van der Waals surface area contributed by atoms with Gasteiger partial charge in [0.05, 0.1) is 0 Å². The van der Waals surface area contributed by atoms with Crippen LogP contribution in [0.4, 0.5) is 5.95 Å². The van der Waals surface area contributed by atoms with Gasteiger partial charge >= 0.3 is 0 Å². The molecule has 2 aromatic rings. The summed E-state index contributed by atoms with van der Waals surface area (Å²) in [5, 5.41) is 3.34. The highest BCUT2D eigenvalue weighted by atomic mass is 15.2. The fourth-order valence-electron chi connectivity index (χ4n) is 1.72. The monoisotopic (exact) mass is 230 g/mol. The lowest BCUT2D eigenvalue weighted by atomic mass is 10.2. The Hall–Kier alpha value is -1.84. The predicted molar refractivity (Wildman–Crippen MR) is 68.9 cm³/mol. The molecule has 4 heteroatoms. The van der Waals surface area contributed by atoms with Gasteiger partial charge in [-0.3, -0.25) is 4.98 Å². The first kappa shape index (κ1) is 11.6. The van der Waals surface area contributed by atoms with Crippen LogP contribution >= 0.6 is 0 Å². The molecule has 90 valence electrons. The van der Waals surface area contributed by atoms with Gasteiger partial charge in [-0.05, 0) is 38.0 Å². The highest BCUT2D eigenvalue weighted by Gasteiger charge is 2.05. The Labute approximate surface area is 102 Å². The van der Waals surface area contributed by atoms with Gasteiger partial charge in [0.15, 0.2) is 0 Å². The van der Waals surface area contributed by atoms with E-state index >= 15 is 0 Å². The molecule has 0 saturated heterocycles. The van der Waals surface area contributed by atoms with Crippen LogP contribution in [0.1, 0.15) is 31.0 Å². The molecule has 0 aliphatic carbocycles. The van der Waals surface area contributed by atoms with E-state index in [1.165, 1.54) is 11.1 Å². The lowest BCUT2D eigenvalue weighted by Crippen LogP contribution is -2.09. The van der Waals surface area contributed by atoms with Crippen LogP contribution in [0.5, 0.6) is 0 Å². The Kier molecular flexibility index (Phi) is 3.42. The second-order valence-electron chi connectivity index (χ2n) is 4.41. The summed E-state index contributed by atoms with van der Waals surface area (Å²) in [6.45, 7) is 7.13. The van der Waals surface area contributed by atoms with E-state index in [0.717, 1.165) is 12.5 Å². The van der Waals surface area contributed by atoms with Crippen LogP contribution in [-0.4, -0.2) is 14.5 Å². The average Bonchev–Trinajstić information content (AvgIpc) is 2.76. The van der Waals surface area contributed by atoms with Crippen LogP contribution in [0.2, 0.25) is 0 Å². The first-order chi connectivity index (χ1) is 8.18. The Morgan fingerprint density at radius 3 is 2.88 bits per heavy atom. The Bertz CT molecular complexity index is 488. The number of pyridine rings is 1. The number of aryl methyl sites for hydroxylation is 1. The number of anilines is 1. The normalized spacial score (nSPS) is 10.8. The molecule has 0 aliphatic rings. The summed E-state index contributed by atoms with van der Waals surface area (Å²) in [6, 6.07) is 2.43. The topological polar surface area (TPSA) is 42.7 Å². The van der Waals surface area contributed by atoms with Crippen LogP contribution in [0.3, 0.4) is 0 Å². The summed E-state index contributed by atoms with van der Waals surface area (Å²) in [7, 11) is 0. The lowest BCUT2D eigenvalue weighted by Gasteiger charge is -2.13. The van der Waals surface area contributed by atoms with Crippen molar-refractivity contribution in [3.05, 3.63) is 42.0 Å². The Balaban J connectivity index is 2.08. The second-order valence-corrected chi connectivity index (χ2v) is 4.41. The highest BCUT2D eigenvalue weighted by Crippen LogP contribution is 2.14. The van der Waals surface area contributed by atoms with Crippen molar-refractivity contribution in [1.29, 1.82) is 0 Å². The van der Waals surface area contributed by atoms with E-state index in [0.29, 0.717) is 6.04 Å². The van der Waals surface area contributed by atoms with E-state index in [1.807, 2.05) is 30.9 Å². The summed E-state index contributed by atoms with van der Waals surface area (Å²) in [4.78, 5) is 8.45. The maximum absolute atomic E-state index is 4.31. The minimum Gasteiger partial charge on any atom is -0.352 e. The number of hydrogen-bond donors (Lipinski definition) is 1. The van der Waals surface area contributed by atoms with Gasteiger partial charge in [0.25, 0.3) is 0 Å². The number of rotatable bonds is 4. The molecule has 0 atom stereocenters. The first-order valence-corrected chi connectivity index (χ1v) is 5.84. The third kappa shape index (κ3) is 2.64. The molecule has 4 nitrogen and oxygen atoms in total. The number of nitrogens with zero attached hydrogens (tertiary/aromatic N) is 3. The van der Waals surface area contributed by atoms with Gasteiger partial charge in [-0.15, -0.1) is 0 Å². The molecule has 0 saturated carbocycles. The van der Waals surface area contributed by atoms with E-state index in [2.05, 4.69) is 40.6 Å². The molecule has 0 radical (unpaired) electrons. The molecular weight excluding hydrogens is 212 g/mol. The van der Waals surface area contributed by atoms with Gasteiger partial charge < -0.3 is 9.88 Å². The van der Waals surface area contributed by atoms with Gasteiger partial charge in [0.2, 0.25) is 5.95 Å². The number of aromatic nitrogens is 3. The largest absolute Gasteiger partial charge is 0.352 e. The van der Waals surface area contributed by atoms with Gasteiger partial charge in [0, 0.05) is 37.4 Å². The summed E-state index contributed by atoms with van der Waals surface area (Å²) < 4.78 is 2.12. The van der Waals surface area contributed by atoms with Crippen LogP contribution in [0, 0.1) is 6.92 Å². The van der Waals surface area contributed by atoms with Crippen molar-refractivity contribution in [2.24, 2.45) is 0 Å². The van der Waals surface area contributed by atoms with Crippen LogP contribution in [0.15, 0.2) is 30.9 Å². The highest BCUT2D eigenvalue weighted by molar-refractivity contribution is 5.31. The van der Waals surface area contributed by atoms with E-state index in [1.54, 1.807) is 0 Å². The molecule has 2 heterocycles. The summed E-state index contributed by atoms with van der Waals surface area (Å²) >= 11 is 0. The molecule has 0 spiro atoms. The van der Waals surface area contributed by atoms with Crippen LogP contribution < -0.4 is 5.32 Å². The molecular formula is C13H18N4. The Morgan fingerprint density at radius 2 is 2.18 bits per heavy atom. The summed E-state index contributed by atoms with van der Waals surface area (Å²) in [6.07, 6.45) is 7.51. The molecule has 0 unspecified atom stereocenters. The maximum Gasteiger partial charge on any atom is 0.203 e. The van der Waals surface area contributed by atoms with Crippen molar-refractivity contribution < 1.29 is 0 Å². The average molecular weight is 230 g/mol. The van der Waals surface area contributed by atoms with Gasteiger partial charge in [-0.2, -0.15) is 0 Å². The molecule has 0 aromatic carbocycles. The zero-order valence-corrected chi connectivity index (χ0v) is 10.5. The molecule has 0 bridgehead atoms. The van der Waals surface area contributed by atoms with Crippen molar-refractivity contribution >= 4 is 5.95 Å². The predicted octanol–water partition coefficient (Wildman–Crippen LogP) is 2.78. The first-order valence-electron chi connectivity index (χ1n) is 5.84. The van der Waals surface area contributed by atoms with Crippen molar-refractivity contribution in [2.75, 3.05) is 5.32 Å². The molecule has 0 fully saturated rings. The third-order valence-corrected chi connectivity index (χ3v) is 2.81. The van der Waals surface area contributed by atoms with E-state index < -0.39 is 0 Å². The molecule has 17 heavy (non-hydrogen) atoms. The van der Waals surface area contributed by atoms with E-state index in [9.17, 15) is 0 Å². The summed E-state index contributed by atoms with van der Waals surface area (Å²) in [5.41, 5.74) is 2.45. The zero-order chi connectivity index (χ0) is 12.3. The molecule has 0 amide bonds. The van der Waals surface area contributed by atoms with Crippen molar-refractivity contribution in [1.82, 2.24) is 14.5 Å². The number of imidazole rings is 1. The lowest BCUT2D eigenvalue weighted by molar-refractivity contribution is 0.604. The van der Waals surface area contributed by atoms with Crippen molar-refractivity contribution in [3.63, 3.8) is 0 Å². The van der Waals surface area contributed by atoms with Crippen LogP contribution in [-0.2, 0) is 6.54 Å². The SMILES string of the molecule is Cc1ccncc1CNc1nccn1C(C)C. The Morgan fingerprint density at radius 1 is 1.35 bits per heavy atom. The van der Waals surface area contributed by atoms with Gasteiger partial charge in [-0.1, -0.05) is 0 Å². The van der Waals surface area contributed by atoms with Gasteiger partial charge in [-0.25, -0.2) is 4.98 Å². The van der Waals surface area contributed by atoms with E-state index in [4.69, 9.17) is 0 Å². The molecule has 2 aromatic heterocycles. The molecule has 0 aliphatic heterocycles. The maximum atomic E-state index is 4.31. The minimum atomic E-state index is 0.412. The number of hydrogen-bond acceptors (Lipinski definition) is 3. The van der Waals surface area contributed by atoms with Crippen molar-refractivity contribution in [2.45, 2.75) is 33.4 Å². The smallest absolute Gasteiger partial charge is 0.203 e. The minimum absolute atomic E-state index is 0.412. The molecule has 2 rings (SSSR count). The second kappa shape index (κ2) is 4.99. The van der Waals surface area contributed by atoms with Crippen LogP contribution in [0.25, 0.3) is 0 Å². The fraction of sp³-hybridized carbons (Fsp3) is 0.385. The standard InChI is InChI=1S/C13H18N4/c1-10(2)17-7-6-15-13(17)16-9-12-8-14-5-4-11(12)3/h4-8,10H,9H2,1-3H3,(H,15,16). The quantitative estimate of drug-likeness (QED) is 0.878. The fourth-order valence-corrected chi connectivity index (χ4v) is 1.72. The summed E-state index contributed by atoms with van der Waals surface area (Å²) in [5.74, 6) is 0.906.